The van der Waals surface area contributed by atoms with Crippen molar-refractivity contribution in [1.29, 1.82) is 0 Å². The Labute approximate surface area is 260 Å². The van der Waals surface area contributed by atoms with Gasteiger partial charge in [0.15, 0.2) is 0 Å². The van der Waals surface area contributed by atoms with E-state index in [1.807, 2.05) is 0 Å². The maximum absolute atomic E-state index is 12.7. The van der Waals surface area contributed by atoms with Crippen molar-refractivity contribution in [2.24, 2.45) is 11.8 Å². The van der Waals surface area contributed by atoms with E-state index >= 15 is 0 Å². The lowest BCUT2D eigenvalue weighted by molar-refractivity contribution is -0.142. The second kappa shape index (κ2) is 19.7. The minimum absolute atomic E-state index is 0.123. The summed E-state index contributed by atoms with van der Waals surface area (Å²) in [4.78, 5) is 47.5. The monoisotopic (exact) mass is 614 g/mol. The molecule has 0 aromatic heterocycles. The molecule has 1 aromatic rings. The second-order valence-electron chi connectivity index (χ2n) is 11.2. The third-order valence-corrected chi connectivity index (χ3v) is 7.88. The van der Waals surface area contributed by atoms with Crippen molar-refractivity contribution in [1.82, 2.24) is 0 Å². The summed E-state index contributed by atoms with van der Waals surface area (Å²) in [6.45, 7) is 8.63. The molecule has 2 aliphatic rings. The molecule has 1 aromatic carbocycles. The van der Waals surface area contributed by atoms with Crippen molar-refractivity contribution in [3.05, 3.63) is 49.6 Å². The summed E-state index contributed by atoms with van der Waals surface area (Å²) in [7, 11) is 0. The molecular weight excluding hydrogens is 568 g/mol. The maximum atomic E-state index is 12.7. The first-order valence-corrected chi connectivity index (χ1v) is 15.7. The highest BCUT2D eigenvalue weighted by molar-refractivity contribution is 5.81. The van der Waals surface area contributed by atoms with Crippen molar-refractivity contribution in [2.75, 3.05) is 26.4 Å². The Balaban J connectivity index is 1.26. The molecule has 2 aliphatic carbocycles. The molecular formula is C34H46O10. The quantitative estimate of drug-likeness (QED) is 0.0885. The molecule has 0 aliphatic heterocycles. The summed E-state index contributed by atoms with van der Waals surface area (Å²) in [5.74, 6) is -0.854. The van der Waals surface area contributed by atoms with E-state index in [0.717, 1.165) is 63.5 Å². The average molecular weight is 615 g/mol. The van der Waals surface area contributed by atoms with Crippen LogP contribution in [0.25, 0.3) is 0 Å². The molecule has 0 heterocycles. The van der Waals surface area contributed by atoms with Gasteiger partial charge >= 0.3 is 23.9 Å². The Kier molecular flexibility index (Phi) is 15.7. The minimum atomic E-state index is -0.414. The SMILES string of the molecule is C=CC(=O)OCCCCOC1CCC(C(=O)Oc2ccc(OC(=O)C3CCC(OCCCCOC(=O)C=C)CC3)cc2)CC1. The lowest BCUT2D eigenvalue weighted by Gasteiger charge is -2.27. The van der Waals surface area contributed by atoms with Crippen LogP contribution in [0, 0.1) is 11.8 Å². The number of carbonyl (C=O) groups is 4. The number of hydrogen-bond acceptors (Lipinski definition) is 10. The smallest absolute Gasteiger partial charge is 0.330 e. The highest BCUT2D eigenvalue weighted by Crippen LogP contribution is 2.30. The fourth-order valence-electron chi connectivity index (χ4n) is 5.28. The van der Waals surface area contributed by atoms with Crippen molar-refractivity contribution in [3.63, 3.8) is 0 Å². The fourth-order valence-corrected chi connectivity index (χ4v) is 5.28. The lowest BCUT2D eigenvalue weighted by atomic mass is 9.87. The molecule has 3 rings (SSSR count). The number of carbonyl (C=O) groups excluding carboxylic acids is 4. The molecule has 0 bridgehead atoms. The van der Waals surface area contributed by atoms with Crippen molar-refractivity contribution >= 4 is 23.9 Å². The molecule has 0 radical (unpaired) electrons. The zero-order valence-corrected chi connectivity index (χ0v) is 25.6. The summed E-state index contributed by atoms with van der Waals surface area (Å²) in [6, 6.07) is 6.57. The summed E-state index contributed by atoms with van der Waals surface area (Å²) < 4.78 is 32.9. The molecule has 2 fully saturated rings. The van der Waals surface area contributed by atoms with Gasteiger partial charge in [0.05, 0.1) is 37.3 Å². The molecule has 10 nitrogen and oxygen atoms in total. The first kappa shape index (κ1) is 35.0. The first-order chi connectivity index (χ1) is 21.4. The molecule has 0 spiro atoms. The van der Waals surface area contributed by atoms with E-state index in [1.165, 1.54) is 0 Å². The second-order valence-corrected chi connectivity index (χ2v) is 11.2. The van der Waals surface area contributed by atoms with E-state index in [9.17, 15) is 19.2 Å². The molecule has 0 unspecified atom stereocenters. The van der Waals surface area contributed by atoms with Gasteiger partial charge in [0, 0.05) is 25.4 Å². The number of rotatable bonds is 18. The highest BCUT2D eigenvalue weighted by atomic mass is 16.5. The predicted octanol–water partition coefficient (Wildman–Crippen LogP) is 5.67. The number of hydrogen-bond donors (Lipinski definition) is 0. The normalized spacial score (nSPS) is 21.5. The molecule has 44 heavy (non-hydrogen) atoms. The highest BCUT2D eigenvalue weighted by Gasteiger charge is 2.29. The molecule has 10 heteroatoms. The number of esters is 4. The van der Waals surface area contributed by atoms with Crippen LogP contribution in [0.5, 0.6) is 11.5 Å². The van der Waals surface area contributed by atoms with Crippen LogP contribution < -0.4 is 9.47 Å². The van der Waals surface area contributed by atoms with Gasteiger partial charge in [-0.1, -0.05) is 13.2 Å². The van der Waals surface area contributed by atoms with Crippen molar-refractivity contribution in [2.45, 2.75) is 89.3 Å². The number of ether oxygens (including phenoxy) is 6. The first-order valence-electron chi connectivity index (χ1n) is 15.7. The predicted molar refractivity (Wildman–Crippen MR) is 162 cm³/mol. The topological polar surface area (TPSA) is 124 Å². The van der Waals surface area contributed by atoms with E-state index in [1.54, 1.807) is 24.3 Å². The third-order valence-electron chi connectivity index (χ3n) is 7.88. The summed E-state index contributed by atoms with van der Waals surface area (Å²) >= 11 is 0. The standard InChI is InChI=1S/C34H46O10/c1-3-31(35)41-23-7-5-21-39-27-13-9-25(10-14-27)33(37)43-29-17-19-30(20-18-29)44-34(38)26-11-15-28(16-12-26)40-22-6-8-24-42-32(36)4-2/h3-4,17-20,25-28H,1-2,5-16,21-24H2. The summed E-state index contributed by atoms with van der Waals surface area (Å²) in [5.41, 5.74) is 0. The van der Waals surface area contributed by atoms with Crippen molar-refractivity contribution in [3.8, 4) is 11.5 Å². The molecule has 242 valence electrons. The molecule has 0 atom stereocenters. The van der Waals surface area contributed by atoms with Gasteiger partial charge in [0.1, 0.15) is 11.5 Å². The molecule has 0 saturated heterocycles. The van der Waals surface area contributed by atoms with Gasteiger partial charge in [0.25, 0.3) is 0 Å². The van der Waals surface area contributed by atoms with E-state index in [-0.39, 0.29) is 36.0 Å². The van der Waals surface area contributed by atoms with Crippen LogP contribution in [0.4, 0.5) is 0 Å². The van der Waals surface area contributed by atoms with Crippen LogP contribution in [0.1, 0.15) is 77.0 Å². The largest absolute Gasteiger partial charge is 0.463 e. The van der Waals surface area contributed by atoms with Crippen molar-refractivity contribution < 1.29 is 47.6 Å². The van der Waals surface area contributed by atoms with E-state index in [4.69, 9.17) is 28.4 Å². The molecule has 0 amide bonds. The minimum Gasteiger partial charge on any atom is -0.463 e. The Morgan fingerprint density at radius 1 is 0.568 bits per heavy atom. The zero-order valence-electron chi connectivity index (χ0n) is 25.6. The summed E-state index contributed by atoms with van der Waals surface area (Å²) in [6.07, 6.45) is 11.6. The zero-order chi connectivity index (χ0) is 31.6. The number of benzene rings is 1. The summed E-state index contributed by atoms with van der Waals surface area (Å²) in [5, 5.41) is 0. The Bertz CT molecular complexity index is 981. The lowest BCUT2D eigenvalue weighted by Crippen LogP contribution is -2.29. The van der Waals surface area contributed by atoms with Gasteiger partial charge in [-0.3, -0.25) is 9.59 Å². The van der Waals surface area contributed by atoms with Crippen LogP contribution in [0.2, 0.25) is 0 Å². The van der Waals surface area contributed by atoms with Crippen LogP contribution in [-0.4, -0.2) is 62.5 Å². The van der Waals surface area contributed by atoms with Gasteiger partial charge in [-0.05, 0) is 101 Å². The van der Waals surface area contributed by atoms with Crippen LogP contribution in [0.3, 0.4) is 0 Å². The average Bonchev–Trinajstić information content (AvgIpc) is 3.05. The number of unbranched alkanes of at least 4 members (excludes halogenated alkanes) is 2. The van der Waals surface area contributed by atoms with Gasteiger partial charge in [-0.15, -0.1) is 0 Å². The van der Waals surface area contributed by atoms with Gasteiger partial charge in [0.2, 0.25) is 0 Å². The Morgan fingerprint density at radius 3 is 1.25 bits per heavy atom. The maximum Gasteiger partial charge on any atom is 0.330 e. The molecule has 0 N–H and O–H groups in total. The Hall–Kier alpha value is -3.50. The fraction of sp³-hybridized carbons (Fsp3) is 0.588. The molecule has 2 saturated carbocycles. The van der Waals surface area contributed by atoms with E-state index in [2.05, 4.69) is 13.2 Å². The van der Waals surface area contributed by atoms with Gasteiger partial charge in [-0.25, -0.2) is 9.59 Å². The Morgan fingerprint density at radius 2 is 0.909 bits per heavy atom. The van der Waals surface area contributed by atoms with E-state index in [0.29, 0.717) is 63.6 Å². The van der Waals surface area contributed by atoms with Crippen LogP contribution >= 0.6 is 0 Å². The van der Waals surface area contributed by atoms with Crippen LogP contribution in [-0.2, 0) is 38.1 Å². The third kappa shape index (κ3) is 13.0. The van der Waals surface area contributed by atoms with Gasteiger partial charge in [-0.2, -0.15) is 0 Å². The van der Waals surface area contributed by atoms with E-state index < -0.39 is 11.9 Å². The van der Waals surface area contributed by atoms with Crippen LogP contribution in [0.15, 0.2) is 49.6 Å². The van der Waals surface area contributed by atoms with Gasteiger partial charge < -0.3 is 28.4 Å².